The van der Waals surface area contributed by atoms with Crippen LogP contribution in [0.4, 0.5) is 4.79 Å². The number of ether oxygens (including phenoxy) is 3. The number of nitrogens with zero attached hydrogens (tertiary/aromatic N) is 1. The van der Waals surface area contributed by atoms with E-state index in [-0.39, 0.29) is 5.92 Å². The normalized spacial score (nSPS) is 26.8. The number of amides is 2. The van der Waals surface area contributed by atoms with Crippen molar-refractivity contribution in [2.45, 2.75) is 59.0 Å². The number of likely N-dealkylation sites (tertiary alicyclic amines) is 1. The number of rotatable bonds is 2. The predicted molar refractivity (Wildman–Crippen MR) is 107 cm³/mol. The Morgan fingerprint density at radius 1 is 1.20 bits per heavy atom. The molecule has 4 rings (SSSR count). The Kier molecular flexibility index (Phi) is 4.71. The van der Waals surface area contributed by atoms with Crippen LogP contribution in [0.15, 0.2) is 47.2 Å². The maximum Gasteiger partial charge on any atom is 0.417 e. The van der Waals surface area contributed by atoms with Gasteiger partial charge in [-0.2, -0.15) is 0 Å². The first-order valence-corrected chi connectivity index (χ1v) is 9.96. The van der Waals surface area contributed by atoms with Gasteiger partial charge >= 0.3 is 12.1 Å². The molecule has 3 atom stereocenters. The summed E-state index contributed by atoms with van der Waals surface area (Å²) >= 11 is 0. The number of cyclic esters (lactones) is 1. The molecule has 0 saturated carbocycles. The maximum atomic E-state index is 13.2. The number of esters is 1. The molecule has 0 N–H and O–H groups in total. The molecule has 1 aliphatic carbocycles. The summed E-state index contributed by atoms with van der Waals surface area (Å²) in [5.41, 5.74) is 2.82. The molecule has 0 aromatic heterocycles. The number of benzene rings is 1. The SMILES string of the molecule is CC1=C(C)[C@H](O/C=C2/C(=O)N(C(=O)OC(C)(C)C)[C@@H]3c4ccccc4C[C@H]23)OC1=O. The van der Waals surface area contributed by atoms with Crippen LogP contribution in [0.3, 0.4) is 0 Å². The summed E-state index contributed by atoms with van der Waals surface area (Å²) < 4.78 is 16.4. The molecule has 30 heavy (non-hydrogen) atoms. The molecule has 2 amide bonds. The van der Waals surface area contributed by atoms with Crippen molar-refractivity contribution in [1.82, 2.24) is 4.90 Å². The van der Waals surface area contributed by atoms with Crippen molar-refractivity contribution in [1.29, 1.82) is 0 Å². The highest BCUT2D eigenvalue weighted by Crippen LogP contribution is 2.50. The molecule has 158 valence electrons. The van der Waals surface area contributed by atoms with Crippen molar-refractivity contribution < 1.29 is 28.6 Å². The molecule has 1 aromatic rings. The first-order valence-electron chi connectivity index (χ1n) is 9.96. The van der Waals surface area contributed by atoms with E-state index in [2.05, 4.69) is 0 Å². The number of hydrogen-bond donors (Lipinski definition) is 0. The molecular weight excluding hydrogens is 386 g/mol. The van der Waals surface area contributed by atoms with Gasteiger partial charge in [0.2, 0.25) is 0 Å². The van der Waals surface area contributed by atoms with Crippen molar-refractivity contribution in [3.05, 3.63) is 58.4 Å². The molecule has 2 heterocycles. The van der Waals surface area contributed by atoms with Crippen molar-refractivity contribution in [3.63, 3.8) is 0 Å². The third-order valence-electron chi connectivity index (χ3n) is 5.71. The summed E-state index contributed by atoms with van der Waals surface area (Å²) in [6.45, 7) is 8.70. The molecular formula is C23H25NO6. The van der Waals surface area contributed by atoms with E-state index in [0.29, 0.717) is 23.1 Å². The van der Waals surface area contributed by atoms with Gasteiger partial charge in [0.25, 0.3) is 12.2 Å². The topological polar surface area (TPSA) is 82.1 Å². The molecule has 1 aromatic carbocycles. The Balaban J connectivity index is 1.67. The van der Waals surface area contributed by atoms with Gasteiger partial charge in [-0.3, -0.25) is 4.79 Å². The zero-order valence-corrected chi connectivity index (χ0v) is 17.7. The minimum absolute atomic E-state index is 0.245. The second kappa shape index (κ2) is 7.00. The first-order chi connectivity index (χ1) is 14.1. The zero-order valence-electron chi connectivity index (χ0n) is 17.7. The fourth-order valence-electron chi connectivity index (χ4n) is 4.12. The lowest BCUT2D eigenvalue weighted by Gasteiger charge is -2.27. The van der Waals surface area contributed by atoms with Gasteiger partial charge in [-0.05, 0) is 52.2 Å². The first kappa shape index (κ1) is 20.2. The molecule has 7 nitrogen and oxygen atoms in total. The molecule has 1 saturated heterocycles. The van der Waals surface area contributed by atoms with Crippen LogP contribution in [-0.4, -0.2) is 34.8 Å². The summed E-state index contributed by atoms with van der Waals surface area (Å²) in [5, 5.41) is 0. The third-order valence-corrected chi connectivity index (χ3v) is 5.71. The number of carbonyl (C=O) groups excluding carboxylic acids is 3. The minimum atomic E-state index is -0.865. The van der Waals surface area contributed by atoms with Crippen LogP contribution in [0, 0.1) is 5.92 Å². The van der Waals surface area contributed by atoms with Gasteiger partial charge < -0.3 is 14.2 Å². The highest BCUT2D eigenvalue weighted by molar-refractivity contribution is 6.06. The Bertz CT molecular complexity index is 999. The van der Waals surface area contributed by atoms with Gasteiger partial charge in [0, 0.05) is 17.1 Å². The molecule has 0 radical (unpaired) electrons. The number of imide groups is 1. The summed E-state index contributed by atoms with van der Waals surface area (Å²) in [4.78, 5) is 39.1. The van der Waals surface area contributed by atoms with Crippen LogP contribution in [0.25, 0.3) is 0 Å². The fraction of sp³-hybridized carbons (Fsp3) is 0.435. The fourth-order valence-corrected chi connectivity index (χ4v) is 4.12. The summed E-state index contributed by atoms with van der Waals surface area (Å²) in [6, 6.07) is 7.32. The highest BCUT2D eigenvalue weighted by atomic mass is 16.7. The molecule has 0 bridgehead atoms. The quantitative estimate of drug-likeness (QED) is 0.418. The third kappa shape index (κ3) is 3.28. The maximum absolute atomic E-state index is 13.2. The lowest BCUT2D eigenvalue weighted by Crippen LogP contribution is -2.39. The number of carbonyl (C=O) groups is 3. The van der Waals surface area contributed by atoms with Crippen molar-refractivity contribution in [3.8, 4) is 0 Å². The van der Waals surface area contributed by atoms with Crippen LogP contribution < -0.4 is 0 Å². The predicted octanol–water partition coefficient (Wildman–Crippen LogP) is 3.80. The number of fused-ring (bicyclic) bond motifs is 3. The molecule has 0 spiro atoms. The van der Waals surface area contributed by atoms with Gasteiger partial charge in [0.1, 0.15) is 5.60 Å². The van der Waals surface area contributed by atoms with E-state index in [1.165, 1.54) is 11.2 Å². The molecule has 7 heteroatoms. The average Bonchev–Trinajstić information content (AvgIpc) is 3.23. The Morgan fingerprint density at radius 3 is 2.53 bits per heavy atom. The van der Waals surface area contributed by atoms with E-state index in [1.807, 2.05) is 24.3 Å². The van der Waals surface area contributed by atoms with E-state index in [0.717, 1.165) is 11.1 Å². The smallest absolute Gasteiger partial charge is 0.417 e. The monoisotopic (exact) mass is 411 g/mol. The van der Waals surface area contributed by atoms with Crippen molar-refractivity contribution >= 4 is 18.0 Å². The van der Waals surface area contributed by atoms with Crippen LogP contribution in [0.5, 0.6) is 0 Å². The van der Waals surface area contributed by atoms with E-state index in [9.17, 15) is 14.4 Å². The van der Waals surface area contributed by atoms with Gasteiger partial charge in [0.15, 0.2) is 0 Å². The van der Waals surface area contributed by atoms with Crippen molar-refractivity contribution in [2.24, 2.45) is 5.92 Å². The largest absolute Gasteiger partial charge is 0.458 e. The summed E-state index contributed by atoms with van der Waals surface area (Å²) in [6.07, 6.45) is 0.410. The summed E-state index contributed by atoms with van der Waals surface area (Å²) in [5.74, 6) is -1.13. The van der Waals surface area contributed by atoms with Crippen LogP contribution in [0.2, 0.25) is 0 Å². The van der Waals surface area contributed by atoms with Gasteiger partial charge in [-0.25, -0.2) is 14.5 Å². The van der Waals surface area contributed by atoms with Gasteiger partial charge in [-0.1, -0.05) is 24.3 Å². The van der Waals surface area contributed by atoms with Gasteiger partial charge in [-0.15, -0.1) is 0 Å². The Hall–Kier alpha value is -3.09. The molecule has 2 aliphatic heterocycles. The van der Waals surface area contributed by atoms with E-state index in [1.54, 1.807) is 34.6 Å². The van der Waals surface area contributed by atoms with Gasteiger partial charge in [0.05, 0.1) is 17.9 Å². The van der Waals surface area contributed by atoms with Crippen molar-refractivity contribution in [2.75, 3.05) is 0 Å². The lowest BCUT2D eigenvalue weighted by atomic mass is 9.97. The van der Waals surface area contributed by atoms with E-state index >= 15 is 0 Å². The minimum Gasteiger partial charge on any atom is -0.458 e. The Morgan fingerprint density at radius 2 is 1.90 bits per heavy atom. The van der Waals surface area contributed by atoms with Crippen LogP contribution in [-0.2, 0) is 30.2 Å². The lowest BCUT2D eigenvalue weighted by molar-refractivity contribution is -0.153. The zero-order chi connectivity index (χ0) is 21.8. The second-order valence-corrected chi connectivity index (χ2v) is 8.86. The highest BCUT2D eigenvalue weighted by Gasteiger charge is 2.53. The molecule has 0 unspecified atom stereocenters. The second-order valence-electron chi connectivity index (χ2n) is 8.86. The van der Waals surface area contributed by atoms with Crippen LogP contribution >= 0.6 is 0 Å². The molecule has 3 aliphatic rings. The molecule has 1 fully saturated rings. The number of hydrogen-bond acceptors (Lipinski definition) is 6. The standard InChI is InChI=1S/C23H25NO6/c1-12-13(2)21(29-20(12)26)28-11-17-16-10-14-8-6-7-9-15(14)18(16)24(19(17)25)22(27)30-23(3,4)5/h6-9,11,16,18,21H,10H2,1-5H3/b17-11+/t16-,18-,21-/m1/s1. The summed E-state index contributed by atoms with van der Waals surface area (Å²) in [7, 11) is 0. The van der Waals surface area contributed by atoms with E-state index < -0.39 is 35.9 Å². The van der Waals surface area contributed by atoms with E-state index in [4.69, 9.17) is 14.2 Å². The Labute approximate surface area is 175 Å². The van der Waals surface area contributed by atoms with Crippen LogP contribution in [0.1, 0.15) is 51.8 Å². The average molecular weight is 411 g/mol.